The van der Waals surface area contributed by atoms with Gasteiger partial charge in [0.1, 0.15) is 5.03 Å². The number of carbonyl (C=O) groups excluding carboxylic acids is 1. The lowest BCUT2D eigenvalue weighted by molar-refractivity contribution is -0.143. The molecule has 0 aliphatic carbocycles. The van der Waals surface area contributed by atoms with Gasteiger partial charge in [-0.3, -0.25) is 9.78 Å². The lowest BCUT2D eigenvalue weighted by Crippen LogP contribution is -2.15. The van der Waals surface area contributed by atoms with Crippen molar-refractivity contribution in [2.45, 2.75) is 18.9 Å². The predicted molar refractivity (Wildman–Crippen MR) is 58.7 cm³/mol. The van der Waals surface area contributed by atoms with Gasteiger partial charge in [0.15, 0.2) is 0 Å². The Morgan fingerprint density at radius 3 is 2.80 bits per heavy atom. The highest BCUT2D eigenvalue weighted by Crippen LogP contribution is 2.20. The average molecular weight is 226 g/mol. The second-order valence-electron chi connectivity index (χ2n) is 3.18. The van der Waals surface area contributed by atoms with Crippen LogP contribution in [0.3, 0.4) is 0 Å². The predicted octanol–water partition coefficient (Wildman–Crippen LogP) is 1.69. The van der Waals surface area contributed by atoms with Crippen molar-refractivity contribution >= 4 is 17.7 Å². The summed E-state index contributed by atoms with van der Waals surface area (Å²) in [5, 5.41) is 0.869. The Morgan fingerprint density at radius 2 is 2.20 bits per heavy atom. The molecule has 1 aromatic rings. The van der Waals surface area contributed by atoms with E-state index in [1.807, 2.05) is 13.8 Å². The summed E-state index contributed by atoms with van der Waals surface area (Å²) in [5.74, 6) is 0.345. The average Bonchev–Trinajstić information content (AvgIpc) is 2.26. The van der Waals surface area contributed by atoms with E-state index in [4.69, 9.17) is 0 Å². The van der Waals surface area contributed by atoms with Gasteiger partial charge in [0.05, 0.1) is 18.7 Å². The number of rotatable bonds is 4. The minimum atomic E-state index is -0.191. The van der Waals surface area contributed by atoms with Crippen LogP contribution in [0, 0.1) is 12.8 Å². The summed E-state index contributed by atoms with van der Waals surface area (Å²) in [6.45, 7) is 3.74. The van der Waals surface area contributed by atoms with Crippen molar-refractivity contribution in [2.24, 2.45) is 5.92 Å². The summed E-state index contributed by atoms with van der Waals surface area (Å²) >= 11 is 1.52. The Balaban J connectivity index is 2.50. The minimum Gasteiger partial charge on any atom is -0.469 e. The molecule has 4 nitrogen and oxygen atoms in total. The van der Waals surface area contributed by atoms with Crippen LogP contribution in [-0.4, -0.2) is 28.8 Å². The van der Waals surface area contributed by atoms with E-state index in [-0.39, 0.29) is 11.9 Å². The number of nitrogens with zero attached hydrogens (tertiary/aromatic N) is 2. The van der Waals surface area contributed by atoms with E-state index in [1.165, 1.54) is 18.9 Å². The van der Waals surface area contributed by atoms with Crippen LogP contribution < -0.4 is 0 Å². The molecule has 0 aliphatic heterocycles. The molecule has 0 radical (unpaired) electrons. The highest BCUT2D eigenvalue weighted by atomic mass is 32.2. The number of aromatic nitrogens is 2. The smallest absolute Gasteiger partial charge is 0.309 e. The SMILES string of the molecule is COC(=O)C(C)CSc1nccnc1C. The minimum absolute atomic E-state index is 0.124. The molecule has 0 spiro atoms. The first-order valence-corrected chi connectivity index (χ1v) is 5.62. The maximum atomic E-state index is 11.1. The van der Waals surface area contributed by atoms with Gasteiger partial charge in [0.25, 0.3) is 0 Å². The third kappa shape index (κ3) is 3.51. The van der Waals surface area contributed by atoms with Gasteiger partial charge >= 0.3 is 5.97 Å². The van der Waals surface area contributed by atoms with Crippen molar-refractivity contribution < 1.29 is 9.53 Å². The summed E-state index contributed by atoms with van der Waals surface area (Å²) in [7, 11) is 1.40. The van der Waals surface area contributed by atoms with Crippen LogP contribution in [0.25, 0.3) is 0 Å². The molecule has 0 amide bonds. The number of carbonyl (C=O) groups is 1. The highest BCUT2D eigenvalue weighted by Gasteiger charge is 2.14. The van der Waals surface area contributed by atoms with E-state index in [2.05, 4.69) is 14.7 Å². The number of aryl methyl sites for hydroxylation is 1. The monoisotopic (exact) mass is 226 g/mol. The van der Waals surface area contributed by atoms with Gasteiger partial charge in [-0.15, -0.1) is 11.8 Å². The fourth-order valence-electron chi connectivity index (χ4n) is 1.01. The van der Waals surface area contributed by atoms with Gasteiger partial charge in [-0.2, -0.15) is 0 Å². The fraction of sp³-hybridized carbons (Fsp3) is 0.500. The second-order valence-corrected chi connectivity index (χ2v) is 4.19. The molecule has 0 aliphatic rings. The number of methoxy groups -OCH3 is 1. The van der Waals surface area contributed by atoms with Crippen LogP contribution in [0.4, 0.5) is 0 Å². The number of hydrogen-bond donors (Lipinski definition) is 0. The van der Waals surface area contributed by atoms with E-state index in [9.17, 15) is 4.79 Å². The molecule has 1 heterocycles. The third-order valence-corrected chi connectivity index (χ3v) is 3.25. The second kappa shape index (κ2) is 5.70. The molecular weight excluding hydrogens is 212 g/mol. The zero-order valence-corrected chi connectivity index (χ0v) is 9.87. The number of hydrogen-bond acceptors (Lipinski definition) is 5. The fourth-order valence-corrected chi connectivity index (χ4v) is 1.95. The number of esters is 1. The maximum absolute atomic E-state index is 11.1. The Morgan fingerprint density at radius 1 is 1.53 bits per heavy atom. The van der Waals surface area contributed by atoms with E-state index < -0.39 is 0 Å². The number of ether oxygens (including phenoxy) is 1. The molecular formula is C10H14N2O2S. The zero-order valence-electron chi connectivity index (χ0n) is 9.06. The molecule has 15 heavy (non-hydrogen) atoms. The molecule has 1 atom stereocenters. The molecule has 1 rings (SSSR count). The van der Waals surface area contributed by atoms with Crippen LogP contribution in [-0.2, 0) is 9.53 Å². The normalized spacial score (nSPS) is 12.2. The van der Waals surface area contributed by atoms with Crippen molar-refractivity contribution in [3.8, 4) is 0 Å². The summed E-state index contributed by atoms with van der Waals surface area (Å²) in [5.41, 5.74) is 0.888. The lowest BCUT2D eigenvalue weighted by Gasteiger charge is -2.08. The Labute approximate surface area is 93.5 Å². The Hall–Kier alpha value is -1.10. The van der Waals surface area contributed by atoms with Crippen LogP contribution >= 0.6 is 11.8 Å². The van der Waals surface area contributed by atoms with Gasteiger partial charge in [-0.1, -0.05) is 6.92 Å². The third-order valence-electron chi connectivity index (χ3n) is 1.91. The van der Waals surface area contributed by atoms with Gasteiger partial charge in [0.2, 0.25) is 0 Å². The molecule has 0 saturated heterocycles. The van der Waals surface area contributed by atoms with Crippen LogP contribution in [0.15, 0.2) is 17.4 Å². The van der Waals surface area contributed by atoms with Crippen molar-refractivity contribution in [3.63, 3.8) is 0 Å². The molecule has 1 aromatic heterocycles. The number of thioether (sulfide) groups is 1. The highest BCUT2D eigenvalue weighted by molar-refractivity contribution is 7.99. The van der Waals surface area contributed by atoms with E-state index in [0.717, 1.165) is 10.7 Å². The first-order valence-electron chi connectivity index (χ1n) is 4.63. The molecule has 1 unspecified atom stereocenters. The molecule has 82 valence electrons. The molecule has 0 N–H and O–H groups in total. The molecule has 5 heteroatoms. The molecule has 0 bridgehead atoms. The van der Waals surface area contributed by atoms with Crippen LogP contribution in [0.1, 0.15) is 12.6 Å². The van der Waals surface area contributed by atoms with E-state index >= 15 is 0 Å². The van der Waals surface area contributed by atoms with Crippen LogP contribution in [0.5, 0.6) is 0 Å². The van der Waals surface area contributed by atoms with E-state index in [1.54, 1.807) is 12.4 Å². The van der Waals surface area contributed by atoms with Crippen molar-refractivity contribution in [1.29, 1.82) is 0 Å². The molecule has 0 fully saturated rings. The van der Waals surface area contributed by atoms with Gasteiger partial charge in [0, 0.05) is 18.1 Å². The topological polar surface area (TPSA) is 52.1 Å². The summed E-state index contributed by atoms with van der Waals surface area (Å²) in [4.78, 5) is 19.5. The van der Waals surface area contributed by atoms with E-state index in [0.29, 0.717) is 5.75 Å². The molecule has 0 aromatic carbocycles. The van der Waals surface area contributed by atoms with Gasteiger partial charge < -0.3 is 4.74 Å². The quantitative estimate of drug-likeness (QED) is 0.577. The molecule has 0 saturated carbocycles. The zero-order chi connectivity index (χ0) is 11.3. The largest absolute Gasteiger partial charge is 0.469 e. The summed E-state index contributed by atoms with van der Waals surface area (Å²) < 4.78 is 4.64. The Bertz CT molecular complexity index is 344. The van der Waals surface area contributed by atoms with Gasteiger partial charge in [-0.25, -0.2) is 4.98 Å². The van der Waals surface area contributed by atoms with Crippen molar-refractivity contribution in [2.75, 3.05) is 12.9 Å². The van der Waals surface area contributed by atoms with Crippen LogP contribution in [0.2, 0.25) is 0 Å². The first-order chi connectivity index (χ1) is 7.15. The standard InChI is InChI=1S/C10H14N2O2S/c1-7(10(13)14-3)6-15-9-8(2)11-4-5-12-9/h4-5,7H,6H2,1-3H3. The maximum Gasteiger partial charge on any atom is 0.309 e. The summed E-state index contributed by atoms with van der Waals surface area (Å²) in [6.07, 6.45) is 3.31. The van der Waals surface area contributed by atoms with Crippen molar-refractivity contribution in [1.82, 2.24) is 9.97 Å². The first kappa shape index (κ1) is 12.0. The Kier molecular flexibility index (Phi) is 4.55. The van der Waals surface area contributed by atoms with Crippen molar-refractivity contribution in [3.05, 3.63) is 18.1 Å². The van der Waals surface area contributed by atoms with Gasteiger partial charge in [-0.05, 0) is 6.92 Å². The summed E-state index contributed by atoms with van der Waals surface area (Å²) in [6, 6.07) is 0. The lowest BCUT2D eigenvalue weighted by atomic mass is 10.2.